The normalized spacial score (nSPS) is 33.1. The van der Waals surface area contributed by atoms with Gasteiger partial charge in [-0.05, 0) is 80.1 Å². The molecule has 0 saturated heterocycles. The second-order valence-electron chi connectivity index (χ2n) is 9.23. The van der Waals surface area contributed by atoms with E-state index in [1.54, 1.807) is 0 Å². The lowest BCUT2D eigenvalue weighted by molar-refractivity contribution is -0.777. The van der Waals surface area contributed by atoms with Crippen molar-refractivity contribution in [1.82, 2.24) is 0 Å². The summed E-state index contributed by atoms with van der Waals surface area (Å²) in [6.45, 7) is 2.03. The summed E-state index contributed by atoms with van der Waals surface area (Å²) < 4.78 is 35.5. The lowest BCUT2D eigenvalue weighted by Gasteiger charge is -2.62. The molecule has 8 heteroatoms. The van der Waals surface area contributed by atoms with Crippen molar-refractivity contribution in [3.63, 3.8) is 0 Å². The number of hydrogen-bond acceptors (Lipinski definition) is 6. The quantitative estimate of drug-likeness (QED) is 0.268. The van der Waals surface area contributed by atoms with Gasteiger partial charge in [-0.25, -0.2) is 4.79 Å². The molecule has 4 bridgehead atoms. The highest BCUT2D eigenvalue weighted by molar-refractivity contribution is 7.96. The Hall–Kier alpha value is -1.22. The van der Waals surface area contributed by atoms with Crippen molar-refractivity contribution < 1.29 is 32.9 Å². The van der Waals surface area contributed by atoms with Gasteiger partial charge in [0.15, 0.2) is 0 Å². The molecule has 0 N–H and O–H groups in total. The van der Waals surface area contributed by atoms with E-state index in [1.165, 1.54) is 30.4 Å². The highest BCUT2D eigenvalue weighted by atomic mass is 32.2. The molecule has 5 rings (SSSR count). The van der Waals surface area contributed by atoms with Gasteiger partial charge < -0.3 is 9.99 Å². The highest BCUT2D eigenvalue weighted by Gasteiger charge is 2.58. The average molecular weight is 427 g/mol. The third-order valence-corrected chi connectivity index (χ3v) is 7.62. The maximum Gasteiger partial charge on any atom is 0.415 e. The Morgan fingerprint density at radius 1 is 1.21 bits per heavy atom. The molecule has 4 fully saturated rings. The molecule has 0 heterocycles. The number of halogens is 2. The summed E-state index contributed by atoms with van der Waals surface area (Å²) in [7, 11) is 0. The zero-order chi connectivity index (χ0) is 20.7. The first-order valence-electron chi connectivity index (χ1n) is 10.0. The largest absolute Gasteiger partial charge is 0.691 e. The second-order valence-corrected chi connectivity index (χ2v) is 10.0. The topological polar surface area (TPSA) is 67.8 Å². The van der Waals surface area contributed by atoms with Gasteiger partial charge in [0.1, 0.15) is 12.0 Å². The van der Waals surface area contributed by atoms with Crippen LogP contribution in [0.1, 0.15) is 56.1 Å². The number of rotatable bonds is 8. The second kappa shape index (κ2) is 7.80. The molecular formula is C21H25F2O5S-. The summed E-state index contributed by atoms with van der Waals surface area (Å²) in [5, 5.41) is 8.62. The van der Waals surface area contributed by atoms with Crippen molar-refractivity contribution in [2.45, 2.75) is 62.5 Å². The number of ether oxygens (including phenoxy) is 1. The fourth-order valence-electron chi connectivity index (χ4n) is 6.52. The molecule has 4 aliphatic rings. The van der Waals surface area contributed by atoms with Crippen LogP contribution in [0.25, 0.3) is 0 Å². The predicted octanol–water partition coefficient (Wildman–Crippen LogP) is 4.23. The van der Waals surface area contributed by atoms with Gasteiger partial charge in [-0.1, -0.05) is 29.8 Å². The molecule has 0 radical (unpaired) electrons. The smallest absolute Gasteiger partial charge is 0.415 e. The third kappa shape index (κ3) is 4.17. The summed E-state index contributed by atoms with van der Waals surface area (Å²) in [4.78, 5) is 11.6. The molecule has 5 nitrogen and oxygen atoms in total. The maximum atomic E-state index is 13.5. The van der Waals surface area contributed by atoms with E-state index in [1.807, 2.05) is 0 Å². The summed E-state index contributed by atoms with van der Waals surface area (Å²) in [6, 6.07) is 8.81. The average Bonchev–Trinajstić information content (AvgIpc) is 2.65. The van der Waals surface area contributed by atoms with Crippen LogP contribution < -0.4 is 5.26 Å². The third-order valence-electron chi connectivity index (χ3n) is 7.12. The number of benzene rings is 1. The molecular weight excluding hydrogens is 402 g/mol. The minimum atomic E-state index is -3.98. The SMILES string of the molecule is Cc1ccc(C23CC4CC(CC(CCOC(=O)C(F)(F)SOO[O-])(C4)C2)C3)cc1. The minimum absolute atomic E-state index is 0.0340. The number of hydrogen-bond donors (Lipinski definition) is 0. The Bertz CT molecular complexity index is 740. The lowest BCUT2D eigenvalue weighted by atomic mass is 9.42. The maximum absolute atomic E-state index is 13.5. The van der Waals surface area contributed by atoms with Crippen molar-refractivity contribution in [1.29, 1.82) is 0 Å². The van der Waals surface area contributed by atoms with E-state index < -0.39 is 23.3 Å². The van der Waals surface area contributed by atoms with E-state index in [9.17, 15) is 18.8 Å². The van der Waals surface area contributed by atoms with Crippen LogP contribution in [0.15, 0.2) is 24.3 Å². The minimum Gasteiger partial charge on any atom is -0.691 e. The van der Waals surface area contributed by atoms with Crippen molar-refractivity contribution in [2.24, 2.45) is 17.3 Å². The molecule has 2 unspecified atom stereocenters. The zero-order valence-electron chi connectivity index (χ0n) is 16.3. The van der Waals surface area contributed by atoms with Gasteiger partial charge in [-0.3, -0.25) is 5.04 Å². The van der Waals surface area contributed by atoms with Crippen molar-refractivity contribution >= 4 is 18.0 Å². The van der Waals surface area contributed by atoms with E-state index >= 15 is 0 Å². The molecule has 1 aromatic carbocycles. The van der Waals surface area contributed by atoms with E-state index in [0.717, 1.165) is 19.3 Å². The van der Waals surface area contributed by atoms with E-state index in [-0.39, 0.29) is 17.4 Å². The van der Waals surface area contributed by atoms with Crippen LogP contribution in [0.2, 0.25) is 0 Å². The first-order valence-corrected chi connectivity index (χ1v) is 10.8. The molecule has 160 valence electrons. The molecule has 2 atom stereocenters. The lowest BCUT2D eigenvalue weighted by Crippen LogP contribution is -2.54. The number of alkyl halides is 2. The highest BCUT2D eigenvalue weighted by Crippen LogP contribution is 2.66. The van der Waals surface area contributed by atoms with Gasteiger partial charge in [-0.2, -0.15) is 13.1 Å². The standard InChI is InChI=1S/C21H26F2O5S/c1-14-2-4-17(5-3-14)20-11-15-8-16(12-20)10-19(9-15,13-20)6-7-26-18(24)21(22,23)29-28-27-25/h2-5,15-16,25H,6-13H2,1H3/p-1. The van der Waals surface area contributed by atoms with Crippen LogP contribution >= 0.6 is 12.0 Å². The van der Waals surface area contributed by atoms with Gasteiger partial charge in [0.05, 0.1) is 6.61 Å². The molecule has 4 saturated carbocycles. The Morgan fingerprint density at radius 2 is 1.86 bits per heavy atom. The van der Waals surface area contributed by atoms with Gasteiger partial charge >= 0.3 is 11.2 Å². The summed E-state index contributed by atoms with van der Waals surface area (Å²) >= 11 is -0.648. The number of carbonyl (C=O) groups is 1. The molecule has 0 aliphatic heterocycles. The van der Waals surface area contributed by atoms with Crippen LogP contribution in [-0.2, 0) is 24.3 Å². The van der Waals surface area contributed by atoms with Crippen LogP contribution in [0.5, 0.6) is 0 Å². The van der Waals surface area contributed by atoms with Crippen LogP contribution in [0.4, 0.5) is 8.78 Å². The van der Waals surface area contributed by atoms with Crippen LogP contribution in [0, 0.1) is 24.2 Å². The number of aryl methyl sites for hydroxylation is 1. The Balaban J connectivity index is 1.43. The van der Waals surface area contributed by atoms with Gasteiger partial charge in [0.25, 0.3) is 0 Å². The van der Waals surface area contributed by atoms with E-state index in [0.29, 0.717) is 18.3 Å². The van der Waals surface area contributed by atoms with Crippen molar-refractivity contribution in [3.05, 3.63) is 35.4 Å². The van der Waals surface area contributed by atoms with E-state index in [2.05, 4.69) is 40.6 Å². The molecule has 0 amide bonds. The Kier molecular flexibility index (Phi) is 5.65. The summed E-state index contributed by atoms with van der Waals surface area (Å²) in [5.74, 6) is -0.418. The Morgan fingerprint density at radius 3 is 2.48 bits per heavy atom. The van der Waals surface area contributed by atoms with Gasteiger partial charge in [0.2, 0.25) is 0 Å². The zero-order valence-corrected chi connectivity index (χ0v) is 17.1. The van der Waals surface area contributed by atoms with Crippen LogP contribution in [0.3, 0.4) is 0 Å². The first kappa shape index (κ1) is 21.0. The predicted molar refractivity (Wildman–Crippen MR) is 100 cm³/mol. The fourth-order valence-corrected chi connectivity index (χ4v) is 6.76. The molecule has 0 aromatic heterocycles. The van der Waals surface area contributed by atoms with Crippen molar-refractivity contribution in [2.75, 3.05) is 6.61 Å². The van der Waals surface area contributed by atoms with Crippen molar-refractivity contribution in [3.8, 4) is 0 Å². The van der Waals surface area contributed by atoms with Gasteiger partial charge in [0, 0.05) is 0 Å². The first-order chi connectivity index (χ1) is 13.8. The fraction of sp³-hybridized carbons (Fsp3) is 0.667. The summed E-state index contributed by atoms with van der Waals surface area (Å²) in [5.41, 5.74) is 2.81. The van der Waals surface area contributed by atoms with E-state index in [4.69, 9.17) is 4.74 Å². The van der Waals surface area contributed by atoms with Crippen LogP contribution in [-0.4, -0.2) is 17.8 Å². The Labute approximate surface area is 173 Å². The number of esters is 1. The molecule has 1 aromatic rings. The molecule has 4 aliphatic carbocycles. The monoisotopic (exact) mass is 427 g/mol. The molecule has 0 spiro atoms. The molecule has 29 heavy (non-hydrogen) atoms. The number of carbonyl (C=O) groups excluding carboxylic acids is 1. The van der Waals surface area contributed by atoms with Gasteiger partial charge in [-0.15, -0.1) is 0 Å². The summed E-state index contributed by atoms with van der Waals surface area (Å²) in [6.07, 6.45) is 7.38.